The van der Waals surface area contributed by atoms with Crippen LogP contribution in [-0.4, -0.2) is 69.8 Å². The van der Waals surface area contributed by atoms with Crippen LogP contribution in [0.25, 0.3) is 0 Å². The van der Waals surface area contributed by atoms with Gasteiger partial charge in [0, 0.05) is 33.4 Å². The van der Waals surface area contributed by atoms with Crippen LogP contribution in [0, 0.1) is 5.41 Å². The maximum atomic E-state index is 12.4. The number of methoxy groups -OCH3 is 1. The summed E-state index contributed by atoms with van der Waals surface area (Å²) in [5.74, 6) is -0.345. The number of carbonyl (C=O) groups is 2. The van der Waals surface area contributed by atoms with Crippen molar-refractivity contribution < 1.29 is 19.1 Å². The highest BCUT2D eigenvalue weighted by Crippen LogP contribution is 2.28. The standard InChI is InChI=1S/C13H25N3O4/c1-13(9-20-8-10(13)14)12(18)16(2)7-11(17)15-5-4-6-19-3/h10H,4-9,14H2,1-3H3,(H,15,17). The van der Waals surface area contributed by atoms with Crippen molar-refractivity contribution in [3.8, 4) is 0 Å². The molecule has 3 N–H and O–H groups in total. The van der Waals surface area contributed by atoms with Crippen molar-refractivity contribution in [2.75, 3.05) is 47.1 Å². The minimum atomic E-state index is -0.745. The maximum absolute atomic E-state index is 12.4. The molecule has 7 heteroatoms. The van der Waals surface area contributed by atoms with E-state index in [9.17, 15) is 9.59 Å². The average molecular weight is 287 g/mol. The van der Waals surface area contributed by atoms with E-state index in [2.05, 4.69) is 5.32 Å². The summed E-state index contributed by atoms with van der Waals surface area (Å²) in [5, 5.41) is 2.74. The van der Waals surface area contributed by atoms with Crippen molar-refractivity contribution in [3.63, 3.8) is 0 Å². The molecule has 1 rings (SSSR count). The van der Waals surface area contributed by atoms with E-state index >= 15 is 0 Å². The van der Waals surface area contributed by atoms with Crippen molar-refractivity contribution in [1.82, 2.24) is 10.2 Å². The summed E-state index contributed by atoms with van der Waals surface area (Å²) in [6.07, 6.45) is 0.746. The first-order valence-corrected chi connectivity index (χ1v) is 6.76. The molecule has 0 radical (unpaired) electrons. The minimum absolute atomic E-state index is 0.0219. The predicted molar refractivity (Wildman–Crippen MR) is 74.0 cm³/mol. The molecule has 20 heavy (non-hydrogen) atoms. The normalized spacial score (nSPS) is 25.5. The van der Waals surface area contributed by atoms with E-state index in [1.54, 1.807) is 21.1 Å². The van der Waals surface area contributed by atoms with Gasteiger partial charge in [-0.15, -0.1) is 0 Å². The minimum Gasteiger partial charge on any atom is -0.385 e. The van der Waals surface area contributed by atoms with E-state index in [0.717, 1.165) is 6.42 Å². The Morgan fingerprint density at radius 1 is 1.55 bits per heavy atom. The molecule has 116 valence electrons. The van der Waals surface area contributed by atoms with Crippen molar-refractivity contribution in [2.24, 2.45) is 11.1 Å². The molecule has 2 atom stereocenters. The van der Waals surface area contributed by atoms with Gasteiger partial charge in [0.05, 0.1) is 25.2 Å². The number of nitrogens with two attached hydrogens (primary N) is 1. The van der Waals surface area contributed by atoms with Crippen LogP contribution in [0.5, 0.6) is 0 Å². The smallest absolute Gasteiger partial charge is 0.239 e. The number of amides is 2. The first-order valence-electron chi connectivity index (χ1n) is 6.76. The Morgan fingerprint density at radius 2 is 2.25 bits per heavy atom. The van der Waals surface area contributed by atoms with Gasteiger partial charge in [0.15, 0.2) is 0 Å². The molecule has 7 nitrogen and oxygen atoms in total. The van der Waals surface area contributed by atoms with E-state index in [0.29, 0.717) is 26.4 Å². The molecular weight excluding hydrogens is 262 g/mol. The Morgan fingerprint density at radius 3 is 2.80 bits per heavy atom. The largest absolute Gasteiger partial charge is 0.385 e. The zero-order valence-corrected chi connectivity index (χ0v) is 12.5. The van der Waals surface area contributed by atoms with Gasteiger partial charge in [-0.2, -0.15) is 0 Å². The van der Waals surface area contributed by atoms with Crippen LogP contribution in [0.2, 0.25) is 0 Å². The maximum Gasteiger partial charge on any atom is 0.239 e. The van der Waals surface area contributed by atoms with Gasteiger partial charge in [-0.25, -0.2) is 0 Å². The van der Waals surface area contributed by atoms with Crippen LogP contribution in [0.3, 0.4) is 0 Å². The van der Waals surface area contributed by atoms with Gasteiger partial charge in [-0.1, -0.05) is 0 Å². The van der Waals surface area contributed by atoms with Crippen molar-refractivity contribution in [1.29, 1.82) is 0 Å². The van der Waals surface area contributed by atoms with E-state index in [-0.39, 0.29) is 24.4 Å². The molecule has 1 saturated heterocycles. The highest BCUT2D eigenvalue weighted by molar-refractivity contribution is 5.88. The number of rotatable bonds is 7. The average Bonchev–Trinajstić information content (AvgIpc) is 2.75. The third-order valence-electron chi connectivity index (χ3n) is 3.58. The second kappa shape index (κ2) is 7.56. The fourth-order valence-electron chi connectivity index (χ4n) is 2.13. The van der Waals surface area contributed by atoms with Crippen LogP contribution in [0.4, 0.5) is 0 Å². The van der Waals surface area contributed by atoms with Crippen molar-refractivity contribution >= 4 is 11.8 Å². The molecule has 0 aromatic carbocycles. The van der Waals surface area contributed by atoms with Crippen LogP contribution >= 0.6 is 0 Å². The molecule has 1 aliphatic heterocycles. The zero-order valence-electron chi connectivity index (χ0n) is 12.5. The third-order valence-corrected chi connectivity index (χ3v) is 3.58. The lowest BCUT2D eigenvalue weighted by Crippen LogP contribution is -2.52. The van der Waals surface area contributed by atoms with Crippen molar-refractivity contribution in [2.45, 2.75) is 19.4 Å². The number of carbonyl (C=O) groups excluding carboxylic acids is 2. The number of nitrogens with one attached hydrogen (secondary N) is 1. The lowest BCUT2D eigenvalue weighted by molar-refractivity contribution is -0.143. The second-order valence-electron chi connectivity index (χ2n) is 5.40. The van der Waals surface area contributed by atoms with Gasteiger partial charge in [0.25, 0.3) is 0 Å². The molecule has 2 amide bonds. The Labute approximate surface area is 119 Å². The second-order valence-corrected chi connectivity index (χ2v) is 5.40. The zero-order chi connectivity index (χ0) is 15.2. The number of hydrogen-bond acceptors (Lipinski definition) is 5. The number of nitrogens with zero attached hydrogens (tertiary/aromatic N) is 1. The van der Waals surface area contributed by atoms with Crippen LogP contribution in [-0.2, 0) is 19.1 Å². The van der Waals surface area contributed by atoms with E-state index < -0.39 is 5.41 Å². The number of hydrogen-bond donors (Lipinski definition) is 2. The van der Waals surface area contributed by atoms with Crippen molar-refractivity contribution in [3.05, 3.63) is 0 Å². The molecule has 2 unspecified atom stereocenters. The summed E-state index contributed by atoms with van der Waals surface area (Å²) in [6.45, 7) is 3.61. The van der Waals surface area contributed by atoms with E-state index in [1.165, 1.54) is 4.90 Å². The molecule has 1 heterocycles. The molecule has 0 bridgehead atoms. The first-order chi connectivity index (χ1) is 9.41. The summed E-state index contributed by atoms with van der Waals surface area (Å²) < 4.78 is 10.1. The fourth-order valence-corrected chi connectivity index (χ4v) is 2.13. The monoisotopic (exact) mass is 287 g/mol. The summed E-state index contributed by atoms with van der Waals surface area (Å²) >= 11 is 0. The Kier molecular flexibility index (Phi) is 6.38. The van der Waals surface area contributed by atoms with Crippen LogP contribution in [0.1, 0.15) is 13.3 Å². The molecule has 0 spiro atoms. The summed E-state index contributed by atoms with van der Waals surface area (Å²) in [4.78, 5) is 25.5. The molecule has 0 saturated carbocycles. The van der Waals surface area contributed by atoms with E-state index in [1.807, 2.05) is 0 Å². The Bertz CT molecular complexity index is 351. The Balaban J connectivity index is 2.39. The van der Waals surface area contributed by atoms with E-state index in [4.69, 9.17) is 15.2 Å². The van der Waals surface area contributed by atoms with Gasteiger partial charge in [-0.3, -0.25) is 9.59 Å². The molecular formula is C13H25N3O4. The van der Waals surface area contributed by atoms with Gasteiger partial charge < -0.3 is 25.4 Å². The highest BCUT2D eigenvalue weighted by atomic mass is 16.5. The van der Waals surface area contributed by atoms with Gasteiger partial charge in [0.1, 0.15) is 0 Å². The topological polar surface area (TPSA) is 93.9 Å². The SMILES string of the molecule is COCCCNC(=O)CN(C)C(=O)C1(C)COCC1N. The summed E-state index contributed by atoms with van der Waals surface area (Å²) in [6, 6.07) is -0.331. The number of likely N-dealkylation sites (N-methyl/N-ethyl adjacent to an activating group) is 1. The molecule has 0 aromatic rings. The number of ether oxygens (including phenoxy) is 2. The molecule has 1 fully saturated rings. The van der Waals surface area contributed by atoms with Crippen LogP contribution < -0.4 is 11.1 Å². The van der Waals surface area contributed by atoms with Gasteiger partial charge in [0.2, 0.25) is 11.8 Å². The lowest BCUT2D eigenvalue weighted by atomic mass is 9.84. The first kappa shape index (κ1) is 16.9. The fraction of sp³-hybridized carbons (Fsp3) is 0.846. The third kappa shape index (κ3) is 4.16. The van der Waals surface area contributed by atoms with Gasteiger partial charge in [-0.05, 0) is 13.3 Å². The molecule has 1 aliphatic rings. The Hall–Kier alpha value is -1.18. The van der Waals surface area contributed by atoms with Crippen LogP contribution in [0.15, 0.2) is 0 Å². The summed E-state index contributed by atoms with van der Waals surface area (Å²) in [5.41, 5.74) is 5.16. The molecule has 0 aromatic heterocycles. The summed E-state index contributed by atoms with van der Waals surface area (Å²) in [7, 11) is 3.22. The predicted octanol–water partition coefficient (Wildman–Crippen LogP) is -1.04. The lowest BCUT2D eigenvalue weighted by Gasteiger charge is -2.30. The van der Waals surface area contributed by atoms with Gasteiger partial charge >= 0.3 is 0 Å². The molecule has 0 aliphatic carbocycles. The quantitative estimate of drug-likeness (QED) is 0.583. The highest BCUT2D eigenvalue weighted by Gasteiger charge is 2.45.